The molecule has 1 heterocycles. The Hall–Kier alpha value is -1.44. The van der Waals surface area contributed by atoms with Crippen LogP contribution in [0.3, 0.4) is 0 Å². The molecule has 2 N–H and O–H groups in total. The molecule has 0 bridgehead atoms. The first-order valence-corrected chi connectivity index (χ1v) is 5.14. The summed E-state index contributed by atoms with van der Waals surface area (Å²) >= 11 is 0. The van der Waals surface area contributed by atoms with Gasteiger partial charge in [0.25, 0.3) is 0 Å². The average molecular weight is 188 g/mol. The summed E-state index contributed by atoms with van der Waals surface area (Å²) in [6, 6.07) is 11.0. The molecule has 0 aliphatic carbocycles. The number of anilines is 1. The number of aromatic amines is 1. The van der Waals surface area contributed by atoms with Gasteiger partial charge in [0.15, 0.2) is 0 Å². The lowest BCUT2D eigenvalue weighted by Crippen LogP contribution is -2.13. The SMILES string of the molecule is CCC(C)Nc1cc2ccccc2[nH]1. The Morgan fingerprint density at radius 3 is 2.86 bits per heavy atom. The number of rotatable bonds is 3. The minimum atomic E-state index is 0.517. The van der Waals surface area contributed by atoms with Gasteiger partial charge in [0, 0.05) is 16.9 Å². The maximum absolute atomic E-state index is 3.43. The first kappa shape index (κ1) is 9.13. The molecule has 1 unspecified atom stereocenters. The molecule has 74 valence electrons. The molecule has 0 fully saturated rings. The van der Waals surface area contributed by atoms with E-state index in [0.29, 0.717) is 6.04 Å². The highest BCUT2D eigenvalue weighted by atomic mass is 15.0. The van der Waals surface area contributed by atoms with Crippen molar-refractivity contribution in [2.24, 2.45) is 0 Å². The molecule has 0 aliphatic heterocycles. The van der Waals surface area contributed by atoms with Crippen LogP contribution in [-0.4, -0.2) is 11.0 Å². The van der Waals surface area contributed by atoms with E-state index in [-0.39, 0.29) is 0 Å². The predicted octanol–water partition coefficient (Wildman–Crippen LogP) is 3.38. The molecule has 0 spiro atoms. The van der Waals surface area contributed by atoms with Crippen LogP contribution in [0.4, 0.5) is 5.82 Å². The lowest BCUT2D eigenvalue weighted by Gasteiger charge is -2.09. The Kier molecular flexibility index (Phi) is 2.44. The molecule has 0 amide bonds. The summed E-state index contributed by atoms with van der Waals surface area (Å²) in [6.45, 7) is 4.37. The summed E-state index contributed by atoms with van der Waals surface area (Å²) < 4.78 is 0. The predicted molar refractivity (Wildman–Crippen MR) is 61.7 cm³/mol. The number of para-hydroxylation sites is 1. The fourth-order valence-electron chi connectivity index (χ4n) is 1.52. The fraction of sp³-hybridized carbons (Fsp3) is 0.333. The van der Waals surface area contributed by atoms with Gasteiger partial charge in [0.1, 0.15) is 5.82 Å². The van der Waals surface area contributed by atoms with Crippen LogP contribution in [0.2, 0.25) is 0 Å². The molecular weight excluding hydrogens is 172 g/mol. The Morgan fingerprint density at radius 1 is 1.36 bits per heavy atom. The summed E-state index contributed by atoms with van der Waals surface area (Å²) in [5.41, 5.74) is 1.19. The molecule has 0 aliphatic rings. The quantitative estimate of drug-likeness (QED) is 0.759. The molecule has 1 aromatic heterocycles. The topological polar surface area (TPSA) is 27.8 Å². The van der Waals surface area contributed by atoms with Gasteiger partial charge in [-0.05, 0) is 25.5 Å². The summed E-state index contributed by atoms with van der Waals surface area (Å²) in [6.07, 6.45) is 1.13. The molecule has 2 aromatic rings. The van der Waals surface area contributed by atoms with Crippen LogP contribution in [0.15, 0.2) is 30.3 Å². The van der Waals surface area contributed by atoms with Crippen LogP contribution in [0.1, 0.15) is 20.3 Å². The minimum absolute atomic E-state index is 0.517. The van der Waals surface area contributed by atoms with Crippen molar-refractivity contribution in [3.8, 4) is 0 Å². The van der Waals surface area contributed by atoms with Crippen LogP contribution >= 0.6 is 0 Å². The third-order valence-corrected chi connectivity index (χ3v) is 2.54. The van der Waals surface area contributed by atoms with E-state index < -0.39 is 0 Å². The van der Waals surface area contributed by atoms with Crippen molar-refractivity contribution in [2.45, 2.75) is 26.3 Å². The summed E-state index contributed by atoms with van der Waals surface area (Å²) in [5.74, 6) is 1.11. The van der Waals surface area contributed by atoms with Gasteiger partial charge in [0.2, 0.25) is 0 Å². The van der Waals surface area contributed by atoms with Crippen molar-refractivity contribution in [1.82, 2.24) is 4.98 Å². The van der Waals surface area contributed by atoms with Crippen molar-refractivity contribution in [1.29, 1.82) is 0 Å². The second kappa shape index (κ2) is 3.74. The Balaban J connectivity index is 2.27. The second-order valence-electron chi connectivity index (χ2n) is 3.72. The lowest BCUT2D eigenvalue weighted by atomic mass is 10.2. The maximum Gasteiger partial charge on any atom is 0.104 e. The van der Waals surface area contributed by atoms with Gasteiger partial charge in [-0.1, -0.05) is 25.1 Å². The van der Waals surface area contributed by atoms with E-state index in [1.54, 1.807) is 0 Å². The standard InChI is InChI=1S/C12H16N2/c1-3-9(2)13-12-8-10-6-4-5-7-11(10)14-12/h4-9,13-14H,3H2,1-2H3. The highest BCUT2D eigenvalue weighted by Crippen LogP contribution is 2.18. The number of fused-ring (bicyclic) bond motifs is 1. The molecule has 2 rings (SSSR count). The van der Waals surface area contributed by atoms with Crippen molar-refractivity contribution >= 4 is 16.7 Å². The third-order valence-electron chi connectivity index (χ3n) is 2.54. The number of hydrogen-bond acceptors (Lipinski definition) is 1. The molecule has 2 nitrogen and oxygen atoms in total. The number of aromatic nitrogens is 1. The van der Waals surface area contributed by atoms with Gasteiger partial charge in [-0.25, -0.2) is 0 Å². The van der Waals surface area contributed by atoms with E-state index in [1.807, 2.05) is 6.07 Å². The highest BCUT2D eigenvalue weighted by molar-refractivity contribution is 5.83. The maximum atomic E-state index is 3.43. The zero-order valence-corrected chi connectivity index (χ0v) is 8.67. The fourth-order valence-corrected chi connectivity index (χ4v) is 1.52. The highest BCUT2D eigenvalue weighted by Gasteiger charge is 2.01. The van der Waals surface area contributed by atoms with Crippen molar-refractivity contribution in [2.75, 3.05) is 5.32 Å². The zero-order chi connectivity index (χ0) is 9.97. The van der Waals surface area contributed by atoms with Crippen molar-refractivity contribution < 1.29 is 0 Å². The summed E-state index contributed by atoms with van der Waals surface area (Å²) in [7, 11) is 0. The number of benzene rings is 1. The molecule has 14 heavy (non-hydrogen) atoms. The smallest absolute Gasteiger partial charge is 0.104 e. The van der Waals surface area contributed by atoms with Gasteiger partial charge in [-0.2, -0.15) is 0 Å². The molecule has 2 heteroatoms. The van der Waals surface area contributed by atoms with Gasteiger partial charge in [0.05, 0.1) is 0 Å². The summed E-state index contributed by atoms with van der Waals surface area (Å²) in [4.78, 5) is 3.35. The van der Waals surface area contributed by atoms with Gasteiger partial charge < -0.3 is 10.3 Å². The van der Waals surface area contributed by atoms with E-state index in [1.165, 1.54) is 10.9 Å². The first-order valence-electron chi connectivity index (χ1n) is 5.14. The second-order valence-corrected chi connectivity index (χ2v) is 3.72. The van der Waals surface area contributed by atoms with E-state index in [9.17, 15) is 0 Å². The van der Waals surface area contributed by atoms with Crippen LogP contribution < -0.4 is 5.32 Å². The summed E-state index contributed by atoms with van der Waals surface area (Å²) in [5, 5.41) is 4.69. The number of nitrogens with one attached hydrogen (secondary N) is 2. The van der Waals surface area contributed by atoms with E-state index >= 15 is 0 Å². The van der Waals surface area contributed by atoms with E-state index in [0.717, 1.165) is 12.2 Å². The normalized spacial score (nSPS) is 13.0. The minimum Gasteiger partial charge on any atom is -0.369 e. The molecule has 0 saturated carbocycles. The van der Waals surface area contributed by atoms with Gasteiger partial charge in [-0.15, -0.1) is 0 Å². The van der Waals surface area contributed by atoms with Crippen LogP contribution in [0, 0.1) is 0 Å². The van der Waals surface area contributed by atoms with Crippen molar-refractivity contribution in [3.05, 3.63) is 30.3 Å². The third kappa shape index (κ3) is 1.74. The average Bonchev–Trinajstić information content (AvgIpc) is 2.59. The zero-order valence-electron chi connectivity index (χ0n) is 8.67. The Bertz CT molecular complexity index is 384. The number of hydrogen-bond donors (Lipinski definition) is 2. The Morgan fingerprint density at radius 2 is 2.14 bits per heavy atom. The number of H-pyrrole nitrogens is 1. The largest absolute Gasteiger partial charge is 0.369 e. The van der Waals surface area contributed by atoms with Gasteiger partial charge in [-0.3, -0.25) is 0 Å². The molecule has 0 radical (unpaired) electrons. The first-order chi connectivity index (χ1) is 6.79. The van der Waals surface area contributed by atoms with Crippen LogP contribution in [-0.2, 0) is 0 Å². The van der Waals surface area contributed by atoms with Crippen molar-refractivity contribution in [3.63, 3.8) is 0 Å². The Labute approximate surface area is 84.3 Å². The van der Waals surface area contributed by atoms with E-state index in [2.05, 4.69) is 48.4 Å². The van der Waals surface area contributed by atoms with Crippen LogP contribution in [0.5, 0.6) is 0 Å². The van der Waals surface area contributed by atoms with Crippen LogP contribution in [0.25, 0.3) is 10.9 Å². The molecule has 1 atom stereocenters. The molecule has 1 aromatic carbocycles. The molecule has 0 saturated heterocycles. The van der Waals surface area contributed by atoms with Gasteiger partial charge >= 0.3 is 0 Å². The van der Waals surface area contributed by atoms with E-state index in [4.69, 9.17) is 0 Å². The molecular formula is C12H16N2. The monoisotopic (exact) mass is 188 g/mol. The lowest BCUT2D eigenvalue weighted by molar-refractivity contribution is 0.761.